The highest BCUT2D eigenvalue weighted by molar-refractivity contribution is 6.00. The van der Waals surface area contributed by atoms with Gasteiger partial charge in [0.05, 0.1) is 24.5 Å². The number of benzene rings is 1. The van der Waals surface area contributed by atoms with Crippen molar-refractivity contribution in [2.75, 3.05) is 44.9 Å². The van der Waals surface area contributed by atoms with Crippen LogP contribution in [0.25, 0.3) is 0 Å². The Labute approximate surface area is 138 Å². The molecular weight excluding hydrogens is 292 g/mol. The fraction of sp³-hybridized carbons (Fsp3) is 0.529. The molecule has 1 rings (SSSR count). The van der Waals surface area contributed by atoms with E-state index in [9.17, 15) is 9.59 Å². The smallest absolute Gasteiger partial charge is 0.238 e. The van der Waals surface area contributed by atoms with Crippen molar-refractivity contribution in [3.8, 4) is 0 Å². The number of rotatable bonds is 7. The predicted molar refractivity (Wildman–Crippen MR) is 94.8 cm³/mol. The summed E-state index contributed by atoms with van der Waals surface area (Å²) in [5, 5.41) is 5.73. The Morgan fingerprint density at radius 3 is 2.13 bits per heavy atom. The molecule has 1 aromatic rings. The van der Waals surface area contributed by atoms with Gasteiger partial charge in [-0.3, -0.25) is 14.5 Å². The maximum Gasteiger partial charge on any atom is 0.238 e. The summed E-state index contributed by atoms with van der Waals surface area (Å²) >= 11 is 0. The Bertz CT molecular complexity index is 556. The topological polar surface area (TPSA) is 64.7 Å². The second kappa shape index (κ2) is 8.64. The van der Waals surface area contributed by atoms with E-state index in [2.05, 4.69) is 10.6 Å². The molecule has 0 aliphatic rings. The molecule has 0 atom stereocenters. The summed E-state index contributed by atoms with van der Waals surface area (Å²) in [6.07, 6.45) is 0. The highest BCUT2D eigenvalue weighted by Gasteiger charge is 2.13. The van der Waals surface area contributed by atoms with Crippen LogP contribution in [0.4, 0.5) is 11.4 Å². The van der Waals surface area contributed by atoms with Gasteiger partial charge in [0.1, 0.15) is 0 Å². The van der Waals surface area contributed by atoms with Gasteiger partial charge in [0.25, 0.3) is 0 Å². The molecule has 0 fully saturated rings. The highest BCUT2D eigenvalue weighted by Crippen LogP contribution is 2.23. The lowest BCUT2D eigenvalue weighted by molar-refractivity contribution is -0.118. The zero-order valence-corrected chi connectivity index (χ0v) is 14.9. The number of likely N-dealkylation sites (N-methyl/N-ethyl adjacent to an activating group) is 2. The molecule has 128 valence electrons. The summed E-state index contributed by atoms with van der Waals surface area (Å²) in [4.78, 5) is 27.9. The SMILES string of the molecule is Cc1ccc(NC(=O)CN(C)C)c(NC(=O)CN(C)C(C)C)c1. The Morgan fingerprint density at radius 1 is 1.00 bits per heavy atom. The van der Waals surface area contributed by atoms with Crippen LogP contribution in [-0.4, -0.2) is 61.9 Å². The fourth-order valence-electron chi connectivity index (χ4n) is 1.95. The molecule has 0 saturated carbocycles. The van der Waals surface area contributed by atoms with E-state index in [4.69, 9.17) is 0 Å². The minimum atomic E-state index is -0.117. The number of hydrogen-bond acceptors (Lipinski definition) is 4. The van der Waals surface area contributed by atoms with Crippen LogP contribution in [0.1, 0.15) is 19.4 Å². The third-order valence-corrected chi connectivity index (χ3v) is 3.46. The zero-order valence-electron chi connectivity index (χ0n) is 14.9. The second-order valence-corrected chi connectivity index (χ2v) is 6.39. The van der Waals surface area contributed by atoms with Crippen LogP contribution >= 0.6 is 0 Å². The van der Waals surface area contributed by atoms with Crippen molar-refractivity contribution in [3.05, 3.63) is 23.8 Å². The molecule has 23 heavy (non-hydrogen) atoms. The van der Waals surface area contributed by atoms with Crippen LogP contribution in [0.3, 0.4) is 0 Å². The summed E-state index contributed by atoms with van der Waals surface area (Å²) in [5.41, 5.74) is 2.25. The molecule has 0 aromatic heterocycles. The van der Waals surface area contributed by atoms with Crippen molar-refractivity contribution in [1.29, 1.82) is 0 Å². The summed E-state index contributed by atoms with van der Waals surface area (Å²) in [7, 11) is 5.57. The lowest BCUT2D eigenvalue weighted by atomic mass is 10.2. The monoisotopic (exact) mass is 320 g/mol. The standard InChI is InChI=1S/C17H28N4O2/c1-12(2)21(6)11-17(23)19-15-9-13(3)7-8-14(15)18-16(22)10-20(4)5/h7-9,12H,10-11H2,1-6H3,(H,18,22)(H,19,23). The Morgan fingerprint density at radius 2 is 1.57 bits per heavy atom. The lowest BCUT2D eigenvalue weighted by Crippen LogP contribution is -2.35. The number of nitrogens with one attached hydrogen (secondary N) is 2. The second-order valence-electron chi connectivity index (χ2n) is 6.39. The average molecular weight is 320 g/mol. The van der Waals surface area contributed by atoms with E-state index in [0.717, 1.165) is 5.56 Å². The third kappa shape index (κ3) is 6.80. The summed E-state index contributed by atoms with van der Waals surface area (Å²) in [6.45, 7) is 6.61. The van der Waals surface area contributed by atoms with E-state index in [1.807, 2.05) is 65.0 Å². The number of carbonyl (C=O) groups is 2. The van der Waals surface area contributed by atoms with Crippen LogP contribution < -0.4 is 10.6 Å². The Kier molecular flexibility index (Phi) is 7.19. The number of aryl methyl sites for hydroxylation is 1. The van der Waals surface area contributed by atoms with Gasteiger partial charge in [0, 0.05) is 6.04 Å². The molecule has 0 spiro atoms. The molecule has 0 saturated heterocycles. The first kappa shape index (κ1) is 19.1. The molecule has 2 N–H and O–H groups in total. The molecular formula is C17H28N4O2. The van der Waals surface area contributed by atoms with E-state index in [0.29, 0.717) is 17.9 Å². The Hall–Kier alpha value is -1.92. The molecule has 1 aromatic carbocycles. The normalized spacial score (nSPS) is 11.2. The minimum Gasteiger partial charge on any atom is -0.323 e. The third-order valence-electron chi connectivity index (χ3n) is 3.46. The van der Waals surface area contributed by atoms with Crippen molar-refractivity contribution >= 4 is 23.2 Å². The molecule has 2 amide bonds. The summed E-state index contributed by atoms with van der Waals surface area (Å²) < 4.78 is 0. The number of anilines is 2. The van der Waals surface area contributed by atoms with Crippen LogP contribution in [0.15, 0.2) is 18.2 Å². The quantitative estimate of drug-likeness (QED) is 0.804. The van der Waals surface area contributed by atoms with Crippen molar-refractivity contribution in [2.24, 2.45) is 0 Å². The number of nitrogens with zero attached hydrogens (tertiary/aromatic N) is 2. The van der Waals surface area contributed by atoms with Gasteiger partial charge in [-0.25, -0.2) is 0 Å². The van der Waals surface area contributed by atoms with E-state index in [-0.39, 0.29) is 24.4 Å². The zero-order chi connectivity index (χ0) is 17.6. The molecule has 0 unspecified atom stereocenters. The van der Waals surface area contributed by atoms with Gasteiger partial charge in [-0.2, -0.15) is 0 Å². The first-order valence-electron chi connectivity index (χ1n) is 7.74. The molecule has 0 aliphatic carbocycles. The lowest BCUT2D eigenvalue weighted by Gasteiger charge is -2.21. The number of amides is 2. The van der Waals surface area contributed by atoms with Crippen LogP contribution in [0, 0.1) is 6.92 Å². The minimum absolute atomic E-state index is 0.102. The first-order valence-corrected chi connectivity index (χ1v) is 7.74. The van der Waals surface area contributed by atoms with Gasteiger partial charge in [-0.05, 0) is 59.6 Å². The van der Waals surface area contributed by atoms with E-state index in [1.165, 1.54) is 0 Å². The fourth-order valence-corrected chi connectivity index (χ4v) is 1.95. The van der Waals surface area contributed by atoms with Gasteiger partial charge < -0.3 is 15.5 Å². The Balaban J connectivity index is 2.82. The summed E-state index contributed by atoms with van der Waals surface area (Å²) in [5.74, 6) is -0.219. The van der Waals surface area contributed by atoms with Crippen LogP contribution in [0.2, 0.25) is 0 Å². The first-order chi connectivity index (χ1) is 10.7. The average Bonchev–Trinajstić information content (AvgIpc) is 2.40. The molecule has 0 radical (unpaired) electrons. The van der Waals surface area contributed by atoms with Gasteiger partial charge in [0.15, 0.2) is 0 Å². The van der Waals surface area contributed by atoms with Crippen molar-refractivity contribution < 1.29 is 9.59 Å². The number of hydrogen-bond donors (Lipinski definition) is 2. The van der Waals surface area contributed by atoms with Gasteiger partial charge in [-0.1, -0.05) is 6.07 Å². The van der Waals surface area contributed by atoms with E-state index >= 15 is 0 Å². The molecule has 0 aliphatic heterocycles. The van der Waals surface area contributed by atoms with E-state index in [1.54, 1.807) is 4.90 Å². The molecule has 6 nitrogen and oxygen atoms in total. The van der Waals surface area contributed by atoms with E-state index < -0.39 is 0 Å². The van der Waals surface area contributed by atoms with Gasteiger partial charge >= 0.3 is 0 Å². The molecule has 0 heterocycles. The van der Waals surface area contributed by atoms with Crippen LogP contribution in [0.5, 0.6) is 0 Å². The maximum absolute atomic E-state index is 12.2. The predicted octanol–water partition coefficient (Wildman–Crippen LogP) is 1.77. The maximum atomic E-state index is 12.2. The van der Waals surface area contributed by atoms with Gasteiger partial charge in [0.2, 0.25) is 11.8 Å². The van der Waals surface area contributed by atoms with Crippen LogP contribution in [-0.2, 0) is 9.59 Å². The van der Waals surface area contributed by atoms with Gasteiger partial charge in [-0.15, -0.1) is 0 Å². The number of carbonyl (C=O) groups excluding carboxylic acids is 2. The molecule has 0 bridgehead atoms. The van der Waals surface area contributed by atoms with Crippen molar-refractivity contribution in [2.45, 2.75) is 26.8 Å². The summed E-state index contributed by atoms with van der Waals surface area (Å²) in [6, 6.07) is 5.86. The largest absolute Gasteiger partial charge is 0.323 e. The molecule has 6 heteroatoms. The van der Waals surface area contributed by atoms with Crippen molar-refractivity contribution in [1.82, 2.24) is 9.80 Å². The van der Waals surface area contributed by atoms with Crippen molar-refractivity contribution in [3.63, 3.8) is 0 Å². The highest BCUT2D eigenvalue weighted by atomic mass is 16.2.